The Morgan fingerprint density at radius 1 is 1.37 bits per heavy atom. The van der Waals surface area contributed by atoms with Gasteiger partial charge < -0.3 is 9.84 Å². The molecule has 0 saturated carbocycles. The number of benzene rings is 1. The van der Waals surface area contributed by atoms with E-state index in [4.69, 9.17) is 5.11 Å². The lowest BCUT2D eigenvalue weighted by Gasteiger charge is -2.06. The molecule has 0 aliphatic heterocycles. The van der Waals surface area contributed by atoms with Crippen molar-refractivity contribution in [2.75, 3.05) is 0 Å². The number of aromatic carboxylic acids is 1. The lowest BCUT2D eigenvalue weighted by Crippen LogP contribution is -2.04. The Balaban J connectivity index is 2.30. The summed E-state index contributed by atoms with van der Waals surface area (Å²) in [6.45, 7) is -1.34. The molecule has 2 rings (SSSR count). The van der Waals surface area contributed by atoms with Crippen molar-refractivity contribution in [1.82, 2.24) is 15.0 Å². The Labute approximate surface area is 106 Å². The highest BCUT2D eigenvalue weighted by molar-refractivity contribution is 5.86. The minimum Gasteiger partial charge on any atom is -0.476 e. The van der Waals surface area contributed by atoms with Crippen LogP contribution >= 0.6 is 0 Å². The first-order valence-corrected chi connectivity index (χ1v) is 5.20. The number of carbonyl (C=O) groups is 1. The molecule has 1 aromatic heterocycles. The van der Waals surface area contributed by atoms with Crippen molar-refractivity contribution < 1.29 is 23.4 Å². The van der Waals surface area contributed by atoms with Crippen LogP contribution in [0.1, 0.15) is 16.2 Å². The molecule has 0 aliphatic rings. The predicted octanol–water partition coefficient (Wildman–Crippen LogP) is 1.88. The third-order valence-electron chi connectivity index (χ3n) is 2.40. The second-order valence-corrected chi connectivity index (χ2v) is 3.61. The van der Waals surface area contributed by atoms with Gasteiger partial charge in [-0.15, -0.1) is 5.10 Å². The number of rotatable bonds is 4. The summed E-state index contributed by atoms with van der Waals surface area (Å²) in [5.41, 5.74) is 0.682. The number of carboxylic acids is 1. The van der Waals surface area contributed by atoms with Crippen LogP contribution in [0.2, 0.25) is 0 Å². The van der Waals surface area contributed by atoms with Crippen molar-refractivity contribution in [3.05, 3.63) is 35.7 Å². The maximum absolute atomic E-state index is 12.0. The number of halogens is 2. The van der Waals surface area contributed by atoms with Crippen LogP contribution < -0.4 is 4.74 Å². The number of ether oxygens (including phenoxy) is 1. The Morgan fingerprint density at radius 2 is 2.00 bits per heavy atom. The molecule has 0 fully saturated rings. The van der Waals surface area contributed by atoms with E-state index < -0.39 is 12.6 Å². The molecule has 1 aromatic carbocycles. The number of hydrogen-bond acceptors (Lipinski definition) is 4. The molecule has 0 aliphatic carbocycles. The van der Waals surface area contributed by atoms with Crippen LogP contribution in [0.4, 0.5) is 8.78 Å². The SMILES string of the molecule is Cc1c(C(=O)O)nnn1-c1ccc(OC(F)F)cc1. The number of alkyl halides is 2. The fraction of sp³-hybridized carbons (Fsp3) is 0.182. The quantitative estimate of drug-likeness (QED) is 0.916. The first kappa shape index (κ1) is 12.9. The van der Waals surface area contributed by atoms with Gasteiger partial charge in [-0.25, -0.2) is 9.48 Å². The van der Waals surface area contributed by atoms with Crippen LogP contribution in [0.3, 0.4) is 0 Å². The van der Waals surface area contributed by atoms with Gasteiger partial charge in [0.15, 0.2) is 5.69 Å². The molecular formula is C11H9F2N3O3. The molecule has 19 heavy (non-hydrogen) atoms. The van der Waals surface area contributed by atoms with Crippen molar-refractivity contribution in [1.29, 1.82) is 0 Å². The van der Waals surface area contributed by atoms with E-state index in [1.165, 1.54) is 28.9 Å². The molecule has 2 aromatic rings. The van der Waals surface area contributed by atoms with Crippen LogP contribution in [0.15, 0.2) is 24.3 Å². The Hall–Kier alpha value is -2.51. The largest absolute Gasteiger partial charge is 0.476 e. The van der Waals surface area contributed by atoms with Gasteiger partial charge >= 0.3 is 12.6 Å². The van der Waals surface area contributed by atoms with E-state index in [0.29, 0.717) is 11.4 Å². The highest BCUT2D eigenvalue weighted by atomic mass is 19.3. The highest BCUT2D eigenvalue weighted by Gasteiger charge is 2.16. The van der Waals surface area contributed by atoms with E-state index in [0.717, 1.165) is 0 Å². The molecule has 1 heterocycles. The van der Waals surface area contributed by atoms with Gasteiger partial charge in [-0.1, -0.05) is 5.21 Å². The van der Waals surface area contributed by atoms with Gasteiger partial charge in [0.05, 0.1) is 11.4 Å². The molecule has 0 amide bonds. The minimum atomic E-state index is -2.89. The summed E-state index contributed by atoms with van der Waals surface area (Å²) >= 11 is 0. The molecule has 0 radical (unpaired) electrons. The normalized spacial score (nSPS) is 10.7. The van der Waals surface area contributed by atoms with Gasteiger partial charge in [0.2, 0.25) is 0 Å². The smallest absolute Gasteiger partial charge is 0.387 e. The van der Waals surface area contributed by atoms with E-state index in [-0.39, 0.29) is 11.4 Å². The fourth-order valence-corrected chi connectivity index (χ4v) is 1.54. The second kappa shape index (κ2) is 5.01. The van der Waals surface area contributed by atoms with Gasteiger partial charge in [0.25, 0.3) is 0 Å². The van der Waals surface area contributed by atoms with Crippen molar-refractivity contribution in [2.24, 2.45) is 0 Å². The third kappa shape index (κ3) is 2.67. The number of carboxylic acid groups (broad SMARTS) is 1. The van der Waals surface area contributed by atoms with E-state index in [1.807, 2.05) is 0 Å². The van der Waals surface area contributed by atoms with Gasteiger partial charge in [-0.2, -0.15) is 8.78 Å². The lowest BCUT2D eigenvalue weighted by atomic mass is 10.3. The Bertz CT molecular complexity index is 596. The molecule has 0 bridgehead atoms. The van der Waals surface area contributed by atoms with Crippen molar-refractivity contribution >= 4 is 5.97 Å². The molecule has 0 spiro atoms. The summed E-state index contributed by atoms with van der Waals surface area (Å²) in [7, 11) is 0. The molecule has 1 N–H and O–H groups in total. The average Bonchev–Trinajstić information content (AvgIpc) is 2.71. The van der Waals surface area contributed by atoms with E-state index in [1.54, 1.807) is 6.92 Å². The molecular weight excluding hydrogens is 260 g/mol. The zero-order chi connectivity index (χ0) is 14.0. The first-order chi connectivity index (χ1) is 8.99. The topological polar surface area (TPSA) is 77.2 Å². The summed E-state index contributed by atoms with van der Waals surface area (Å²) < 4.78 is 29.5. The summed E-state index contributed by atoms with van der Waals surface area (Å²) in [6, 6.07) is 5.63. The van der Waals surface area contributed by atoms with Gasteiger partial charge in [0, 0.05) is 0 Å². The van der Waals surface area contributed by atoms with Crippen LogP contribution in [0.5, 0.6) is 5.75 Å². The van der Waals surface area contributed by atoms with Gasteiger partial charge in [-0.3, -0.25) is 0 Å². The molecule has 6 nitrogen and oxygen atoms in total. The first-order valence-electron chi connectivity index (χ1n) is 5.20. The monoisotopic (exact) mass is 269 g/mol. The predicted molar refractivity (Wildman–Crippen MR) is 59.7 cm³/mol. The summed E-state index contributed by atoms with van der Waals surface area (Å²) in [4.78, 5) is 10.8. The number of nitrogens with zero attached hydrogens (tertiary/aromatic N) is 3. The van der Waals surface area contributed by atoms with Crippen LogP contribution in [-0.4, -0.2) is 32.7 Å². The fourth-order valence-electron chi connectivity index (χ4n) is 1.54. The summed E-state index contributed by atoms with van der Waals surface area (Å²) in [5.74, 6) is -1.17. The van der Waals surface area contributed by atoms with Crippen LogP contribution in [0.25, 0.3) is 5.69 Å². The standard InChI is InChI=1S/C11H9F2N3O3/c1-6-9(10(17)18)14-15-16(6)7-2-4-8(5-3-7)19-11(12)13/h2-5,11H,1H3,(H,17,18). The minimum absolute atomic E-state index is 0.00924. The van der Waals surface area contributed by atoms with Crippen LogP contribution in [0, 0.1) is 6.92 Å². The van der Waals surface area contributed by atoms with E-state index >= 15 is 0 Å². The molecule has 0 unspecified atom stereocenters. The van der Waals surface area contributed by atoms with Gasteiger partial charge in [0.1, 0.15) is 5.75 Å². The van der Waals surface area contributed by atoms with Gasteiger partial charge in [-0.05, 0) is 31.2 Å². The molecule has 8 heteroatoms. The van der Waals surface area contributed by atoms with Crippen LogP contribution in [-0.2, 0) is 0 Å². The highest BCUT2D eigenvalue weighted by Crippen LogP contribution is 2.18. The van der Waals surface area contributed by atoms with Crippen molar-refractivity contribution in [3.8, 4) is 11.4 Å². The van der Waals surface area contributed by atoms with Crippen molar-refractivity contribution in [3.63, 3.8) is 0 Å². The van der Waals surface area contributed by atoms with Crippen molar-refractivity contribution in [2.45, 2.75) is 13.5 Å². The second-order valence-electron chi connectivity index (χ2n) is 3.61. The maximum atomic E-state index is 12.0. The Morgan fingerprint density at radius 3 is 2.47 bits per heavy atom. The molecule has 100 valence electrons. The maximum Gasteiger partial charge on any atom is 0.387 e. The zero-order valence-electron chi connectivity index (χ0n) is 9.75. The summed E-state index contributed by atoms with van der Waals surface area (Å²) in [5, 5.41) is 16.1. The molecule has 0 saturated heterocycles. The number of hydrogen-bond donors (Lipinski definition) is 1. The van der Waals surface area contributed by atoms with E-state index in [2.05, 4.69) is 15.0 Å². The molecule has 0 atom stereocenters. The Kier molecular flexibility index (Phi) is 3.41. The lowest BCUT2D eigenvalue weighted by molar-refractivity contribution is -0.0498. The van der Waals surface area contributed by atoms with E-state index in [9.17, 15) is 13.6 Å². The zero-order valence-corrected chi connectivity index (χ0v) is 9.75. The third-order valence-corrected chi connectivity index (χ3v) is 2.40. The number of aromatic nitrogens is 3. The summed E-state index contributed by atoms with van der Waals surface area (Å²) in [6.07, 6.45) is 0. The average molecular weight is 269 g/mol.